The number of benzene rings is 1. The average molecular weight is 310 g/mol. The van der Waals surface area contributed by atoms with Gasteiger partial charge in [0.15, 0.2) is 0 Å². The summed E-state index contributed by atoms with van der Waals surface area (Å²) in [4.78, 5) is 0.196. The molecular formula is C13H18N4O3S. The van der Waals surface area contributed by atoms with Crippen LogP contribution < -0.4 is 10.5 Å². The molecule has 21 heavy (non-hydrogen) atoms. The number of aryl methyl sites for hydroxylation is 1. The van der Waals surface area contributed by atoms with Crippen molar-refractivity contribution in [2.75, 3.05) is 24.2 Å². The number of methoxy groups -OCH3 is 1. The number of aromatic nitrogens is 2. The van der Waals surface area contributed by atoms with Gasteiger partial charge in [0.05, 0.1) is 29.9 Å². The van der Waals surface area contributed by atoms with Crippen LogP contribution in [0.4, 0.5) is 11.4 Å². The van der Waals surface area contributed by atoms with Crippen LogP contribution >= 0.6 is 0 Å². The molecule has 0 aliphatic carbocycles. The quantitative estimate of drug-likeness (QED) is 0.782. The van der Waals surface area contributed by atoms with Crippen molar-refractivity contribution in [3.63, 3.8) is 0 Å². The lowest BCUT2D eigenvalue weighted by Gasteiger charge is -2.09. The second-order valence-corrected chi connectivity index (χ2v) is 6.27. The van der Waals surface area contributed by atoms with E-state index in [-0.39, 0.29) is 4.90 Å². The lowest BCUT2D eigenvalue weighted by atomic mass is 10.2. The third-order valence-electron chi connectivity index (χ3n) is 2.90. The number of ether oxygens (including phenoxy) is 1. The van der Waals surface area contributed by atoms with Gasteiger partial charge < -0.3 is 10.5 Å². The Balaban J connectivity index is 2.19. The monoisotopic (exact) mass is 310 g/mol. The van der Waals surface area contributed by atoms with E-state index in [1.807, 2.05) is 0 Å². The number of anilines is 2. The van der Waals surface area contributed by atoms with Crippen molar-refractivity contribution >= 4 is 21.4 Å². The Hall–Kier alpha value is -2.06. The van der Waals surface area contributed by atoms with Gasteiger partial charge in [0.25, 0.3) is 10.0 Å². The molecule has 8 heteroatoms. The highest BCUT2D eigenvalue weighted by atomic mass is 32.2. The first kappa shape index (κ1) is 15.3. The summed E-state index contributed by atoms with van der Waals surface area (Å²) in [6, 6.07) is 4.67. The molecule has 1 aromatic carbocycles. The third-order valence-corrected chi connectivity index (χ3v) is 4.44. The van der Waals surface area contributed by atoms with E-state index in [9.17, 15) is 8.42 Å². The fourth-order valence-corrected chi connectivity index (χ4v) is 3.16. The number of nitrogens with zero attached hydrogens (tertiary/aromatic N) is 2. The highest BCUT2D eigenvalue weighted by Gasteiger charge is 2.17. The zero-order chi connectivity index (χ0) is 15.5. The summed E-state index contributed by atoms with van der Waals surface area (Å²) in [6.07, 6.45) is 3.07. The number of nitrogen functional groups attached to an aromatic ring is 1. The lowest BCUT2D eigenvalue weighted by molar-refractivity contribution is 0.183. The molecular weight excluding hydrogens is 292 g/mol. The van der Waals surface area contributed by atoms with Gasteiger partial charge in [-0.05, 0) is 30.7 Å². The van der Waals surface area contributed by atoms with Crippen LogP contribution in [0.3, 0.4) is 0 Å². The maximum Gasteiger partial charge on any atom is 0.262 e. The molecule has 2 rings (SSSR count). The molecule has 7 nitrogen and oxygen atoms in total. The van der Waals surface area contributed by atoms with E-state index >= 15 is 0 Å². The standard InChI is InChI=1S/C13H18N4O3S/c1-10-7-11(14)3-4-13(10)21(18,19)16-12-8-15-17(9-12)5-6-20-2/h3-4,7-9,16H,5-6,14H2,1-2H3. The van der Waals surface area contributed by atoms with Gasteiger partial charge in [0.1, 0.15) is 0 Å². The highest BCUT2D eigenvalue weighted by molar-refractivity contribution is 7.92. The third kappa shape index (κ3) is 3.73. The smallest absolute Gasteiger partial charge is 0.262 e. The Bertz CT molecular complexity index is 725. The van der Waals surface area contributed by atoms with E-state index in [0.29, 0.717) is 30.1 Å². The minimum atomic E-state index is -3.66. The number of rotatable bonds is 6. The van der Waals surface area contributed by atoms with Crippen LogP contribution in [0.25, 0.3) is 0 Å². The van der Waals surface area contributed by atoms with Crippen LogP contribution in [0.5, 0.6) is 0 Å². The largest absolute Gasteiger partial charge is 0.399 e. The number of hydrogen-bond donors (Lipinski definition) is 2. The average Bonchev–Trinajstić information content (AvgIpc) is 2.82. The van der Waals surface area contributed by atoms with Gasteiger partial charge in [0, 0.05) is 19.0 Å². The highest BCUT2D eigenvalue weighted by Crippen LogP contribution is 2.20. The van der Waals surface area contributed by atoms with Crippen LogP contribution in [0.2, 0.25) is 0 Å². The van der Waals surface area contributed by atoms with Crippen LogP contribution in [0.1, 0.15) is 5.56 Å². The number of hydrogen-bond acceptors (Lipinski definition) is 5. The number of nitrogens with two attached hydrogens (primary N) is 1. The molecule has 0 fully saturated rings. The summed E-state index contributed by atoms with van der Waals surface area (Å²) < 4.78 is 33.7. The number of sulfonamides is 1. The van der Waals surface area contributed by atoms with Gasteiger partial charge in [-0.1, -0.05) is 0 Å². The van der Waals surface area contributed by atoms with Crippen molar-refractivity contribution in [3.05, 3.63) is 36.2 Å². The van der Waals surface area contributed by atoms with Crippen LogP contribution in [-0.2, 0) is 21.3 Å². The summed E-state index contributed by atoms with van der Waals surface area (Å²) in [5.41, 5.74) is 7.16. The molecule has 0 aliphatic rings. The molecule has 0 atom stereocenters. The van der Waals surface area contributed by atoms with Gasteiger partial charge in [0.2, 0.25) is 0 Å². The summed E-state index contributed by atoms with van der Waals surface area (Å²) in [7, 11) is -2.06. The van der Waals surface area contributed by atoms with Crippen LogP contribution in [0.15, 0.2) is 35.5 Å². The second-order valence-electron chi connectivity index (χ2n) is 4.62. The Morgan fingerprint density at radius 2 is 2.19 bits per heavy atom. The Labute approximate surface area is 123 Å². The Morgan fingerprint density at radius 3 is 2.86 bits per heavy atom. The summed E-state index contributed by atoms with van der Waals surface area (Å²) in [5, 5.41) is 4.06. The molecule has 1 aromatic heterocycles. The van der Waals surface area contributed by atoms with Crippen molar-refractivity contribution < 1.29 is 13.2 Å². The molecule has 0 saturated heterocycles. The first-order valence-electron chi connectivity index (χ1n) is 6.33. The van der Waals surface area contributed by atoms with E-state index in [1.54, 1.807) is 37.0 Å². The van der Waals surface area contributed by atoms with E-state index < -0.39 is 10.0 Å². The first-order valence-corrected chi connectivity index (χ1v) is 7.81. The van der Waals surface area contributed by atoms with E-state index in [4.69, 9.17) is 10.5 Å². The predicted molar refractivity (Wildman–Crippen MR) is 80.5 cm³/mol. The fourth-order valence-electron chi connectivity index (χ4n) is 1.91. The first-order chi connectivity index (χ1) is 9.92. The van der Waals surface area contributed by atoms with E-state index in [0.717, 1.165) is 0 Å². The maximum absolute atomic E-state index is 12.3. The molecule has 0 spiro atoms. The van der Waals surface area contributed by atoms with Crippen LogP contribution in [-0.4, -0.2) is 31.9 Å². The van der Waals surface area contributed by atoms with Crippen molar-refractivity contribution in [3.8, 4) is 0 Å². The SMILES string of the molecule is COCCn1cc(NS(=O)(=O)c2ccc(N)cc2C)cn1. The predicted octanol–water partition coefficient (Wildman–Crippen LogP) is 1.22. The molecule has 0 radical (unpaired) electrons. The molecule has 2 aromatic rings. The fraction of sp³-hybridized carbons (Fsp3) is 0.308. The normalized spacial score (nSPS) is 11.5. The van der Waals surface area contributed by atoms with Gasteiger partial charge in [-0.15, -0.1) is 0 Å². The molecule has 0 amide bonds. The van der Waals surface area contributed by atoms with Crippen molar-refractivity contribution in [1.82, 2.24) is 9.78 Å². The van der Waals surface area contributed by atoms with E-state index in [2.05, 4.69) is 9.82 Å². The van der Waals surface area contributed by atoms with Gasteiger partial charge in [-0.2, -0.15) is 5.10 Å². The Kier molecular flexibility index (Phi) is 4.49. The second kappa shape index (κ2) is 6.15. The molecule has 0 saturated carbocycles. The summed E-state index contributed by atoms with van der Waals surface area (Å²) in [5.74, 6) is 0. The van der Waals surface area contributed by atoms with Gasteiger partial charge in [-0.3, -0.25) is 9.40 Å². The van der Waals surface area contributed by atoms with E-state index in [1.165, 1.54) is 12.3 Å². The minimum absolute atomic E-state index is 0.196. The maximum atomic E-state index is 12.3. The van der Waals surface area contributed by atoms with Crippen LogP contribution in [0, 0.1) is 6.92 Å². The summed E-state index contributed by atoms with van der Waals surface area (Å²) in [6.45, 7) is 2.76. The molecule has 1 heterocycles. The van der Waals surface area contributed by atoms with Crippen molar-refractivity contribution in [1.29, 1.82) is 0 Å². The molecule has 0 bridgehead atoms. The zero-order valence-corrected chi connectivity index (χ0v) is 12.7. The lowest BCUT2D eigenvalue weighted by Crippen LogP contribution is -2.14. The summed E-state index contributed by atoms with van der Waals surface area (Å²) >= 11 is 0. The zero-order valence-electron chi connectivity index (χ0n) is 11.9. The molecule has 0 unspecified atom stereocenters. The molecule has 114 valence electrons. The van der Waals surface area contributed by atoms with Gasteiger partial charge in [-0.25, -0.2) is 8.42 Å². The minimum Gasteiger partial charge on any atom is -0.399 e. The van der Waals surface area contributed by atoms with Gasteiger partial charge >= 0.3 is 0 Å². The molecule has 3 N–H and O–H groups in total. The number of nitrogens with one attached hydrogen (secondary N) is 1. The van der Waals surface area contributed by atoms with Crippen molar-refractivity contribution in [2.45, 2.75) is 18.4 Å². The Morgan fingerprint density at radius 1 is 1.43 bits per heavy atom. The molecule has 0 aliphatic heterocycles. The topological polar surface area (TPSA) is 99.2 Å². The van der Waals surface area contributed by atoms with Crippen molar-refractivity contribution in [2.24, 2.45) is 0 Å².